The van der Waals surface area contributed by atoms with Crippen molar-refractivity contribution in [2.75, 3.05) is 12.0 Å². The molecule has 2 heterocycles. The van der Waals surface area contributed by atoms with Crippen LogP contribution in [0.3, 0.4) is 0 Å². The van der Waals surface area contributed by atoms with Gasteiger partial charge in [0, 0.05) is 6.04 Å². The molecule has 2 saturated heterocycles. The summed E-state index contributed by atoms with van der Waals surface area (Å²) >= 11 is 0. The molecule has 0 spiro atoms. The van der Waals surface area contributed by atoms with Crippen molar-refractivity contribution in [3.8, 4) is 0 Å². The molecule has 33 heavy (non-hydrogen) atoms. The first-order chi connectivity index (χ1) is 16.0. The van der Waals surface area contributed by atoms with Crippen molar-refractivity contribution < 1.29 is 19.1 Å². The van der Waals surface area contributed by atoms with E-state index in [1.165, 1.54) is 12.0 Å². The van der Waals surface area contributed by atoms with Gasteiger partial charge >= 0.3 is 5.97 Å². The Kier molecular flexibility index (Phi) is 5.10. The van der Waals surface area contributed by atoms with Crippen molar-refractivity contribution in [2.24, 2.45) is 11.8 Å². The highest BCUT2D eigenvalue weighted by atomic mass is 16.5. The van der Waals surface area contributed by atoms with E-state index in [2.05, 4.69) is 5.32 Å². The normalized spacial score (nSPS) is 26.4. The number of benzene rings is 3. The van der Waals surface area contributed by atoms with Gasteiger partial charge in [-0.25, -0.2) is 9.69 Å². The summed E-state index contributed by atoms with van der Waals surface area (Å²) in [5.41, 5.74) is 1.45. The van der Waals surface area contributed by atoms with Crippen molar-refractivity contribution in [2.45, 2.75) is 18.5 Å². The summed E-state index contributed by atoms with van der Waals surface area (Å²) in [5, 5.41) is 3.42. The first-order valence-electron chi connectivity index (χ1n) is 10.9. The molecular formula is C27H24N2O4. The molecule has 0 aromatic heterocycles. The maximum absolute atomic E-state index is 13.9. The van der Waals surface area contributed by atoms with Crippen molar-refractivity contribution in [3.63, 3.8) is 0 Å². The number of anilines is 1. The van der Waals surface area contributed by atoms with Crippen LogP contribution in [0.1, 0.15) is 22.7 Å². The van der Waals surface area contributed by atoms with Gasteiger partial charge in [0.2, 0.25) is 11.8 Å². The summed E-state index contributed by atoms with van der Waals surface area (Å²) < 4.78 is 5.26. The Balaban J connectivity index is 1.75. The third-order valence-electron chi connectivity index (χ3n) is 6.83. The lowest BCUT2D eigenvalue weighted by molar-refractivity contribution is -0.152. The van der Waals surface area contributed by atoms with E-state index in [0.717, 1.165) is 11.1 Å². The third-order valence-corrected chi connectivity index (χ3v) is 6.83. The van der Waals surface area contributed by atoms with E-state index in [1.807, 2.05) is 55.5 Å². The molecular weight excluding hydrogens is 416 g/mol. The van der Waals surface area contributed by atoms with Crippen LogP contribution >= 0.6 is 0 Å². The minimum atomic E-state index is -1.50. The maximum atomic E-state index is 13.9. The molecule has 5 rings (SSSR count). The number of aryl methyl sites for hydroxylation is 1. The Morgan fingerprint density at radius 2 is 1.48 bits per heavy atom. The summed E-state index contributed by atoms with van der Waals surface area (Å²) in [6.45, 7) is 1.96. The van der Waals surface area contributed by atoms with Crippen LogP contribution in [0.2, 0.25) is 0 Å². The highest BCUT2D eigenvalue weighted by Gasteiger charge is 2.69. The lowest BCUT2D eigenvalue weighted by Crippen LogP contribution is -2.53. The number of hydrogen-bond acceptors (Lipinski definition) is 5. The number of carbonyl (C=O) groups is 3. The van der Waals surface area contributed by atoms with Crippen LogP contribution in [0.15, 0.2) is 84.9 Å². The number of amides is 2. The van der Waals surface area contributed by atoms with Gasteiger partial charge in [-0.2, -0.15) is 0 Å². The van der Waals surface area contributed by atoms with Gasteiger partial charge in [-0.1, -0.05) is 72.8 Å². The van der Waals surface area contributed by atoms with Gasteiger partial charge in [-0.15, -0.1) is 0 Å². The number of hydrogen-bond donors (Lipinski definition) is 1. The second-order valence-electron chi connectivity index (χ2n) is 8.50. The Labute approximate surface area is 192 Å². The fourth-order valence-electron chi connectivity index (χ4n) is 5.37. The second-order valence-corrected chi connectivity index (χ2v) is 8.50. The molecule has 6 nitrogen and oxygen atoms in total. The highest BCUT2D eigenvalue weighted by molar-refractivity contribution is 6.24. The molecule has 2 fully saturated rings. The molecule has 0 unspecified atom stereocenters. The molecule has 2 aliphatic rings. The molecule has 0 saturated carbocycles. The molecule has 2 amide bonds. The summed E-state index contributed by atoms with van der Waals surface area (Å²) in [4.78, 5) is 42.5. The third kappa shape index (κ3) is 3.02. The van der Waals surface area contributed by atoms with Crippen LogP contribution in [-0.4, -0.2) is 24.9 Å². The number of esters is 1. The fraction of sp³-hybridized carbons (Fsp3) is 0.222. The van der Waals surface area contributed by atoms with Gasteiger partial charge in [-0.05, 0) is 35.7 Å². The van der Waals surface area contributed by atoms with E-state index in [4.69, 9.17) is 4.74 Å². The van der Waals surface area contributed by atoms with Crippen LogP contribution in [-0.2, 0) is 24.7 Å². The summed E-state index contributed by atoms with van der Waals surface area (Å²) in [6.07, 6.45) is 0. The van der Waals surface area contributed by atoms with E-state index in [1.54, 1.807) is 36.4 Å². The number of nitrogens with zero attached hydrogens (tertiary/aromatic N) is 1. The largest absolute Gasteiger partial charge is 0.467 e. The lowest BCUT2D eigenvalue weighted by Gasteiger charge is -2.33. The number of carbonyl (C=O) groups excluding carboxylic acids is 3. The van der Waals surface area contributed by atoms with Gasteiger partial charge < -0.3 is 4.74 Å². The monoisotopic (exact) mass is 440 g/mol. The Morgan fingerprint density at radius 1 is 0.879 bits per heavy atom. The van der Waals surface area contributed by atoms with Gasteiger partial charge in [0.25, 0.3) is 0 Å². The molecule has 4 atom stereocenters. The predicted molar refractivity (Wildman–Crippen MR) is 123 cm³/mol. The predicted octanol–water partition coefficient (Wildman–Crippen LogP) is 3.51. The summed E-state index contributed by atoms with van der Waals surface area (Å²) in [7, 11) is 1.31. The first kappa shape index (κ1) is 21.1. The van der Waals surface area contributed by atoms with Gasteiger partial charge in [-0.3, -0.25) is 14.9 Å². The quantitative estimate of drug-likeness (QED) is 0.496. The minimum absolute atomic E-state index is 0.321. The summed E-state index contributed by atoms with van der Waals surface area (Å²) in [6, 6.07) is 25.1. The van der Waals surface area contributed by atoms with E-state index < -0.39 is 35.3 Å². The maximum Gasteiger partial charge on any atom is 0.331 e. The van der Waals surface area contributed by atoms with Crippen LogP contribution in [0.25, 0.3) is 0 Å². The van der Waals surface area contributed by atoms with Crippen LogP contribution < -0.4 is 10.2 Å². The molecule has 6 heteroatoms. The van der Waals surface area contributed by atoms with E-state index in [0.29, 0.717) is 11.3 Å². The molecule has 3 aromatic rings. The fourth-order valence-corrected chi connectivity index (χ4v) is 5.37. The van der Waals surface area contributed by atoms with Gasteiger partial charge in [0.15, 0.2) is 5.54 Å². The van der Waals surface area contributed by atoms with E-state index in [-0.39, 0.29) is 5.91 Å². The molecule has 0 radical (unpaired) electrons. The minimum Gasteiger partial charge on any atom is -0.467 e. The van der Waals surface area contributed by atoms with Crippen molar-refractivity contribution in [1.82, 2.24) is 5.32 Å². The standard InChI is InChI=1S/C27H24N2O4/c1-17-11-9-10-16-20(17)23-21-22(25(31)29(24(21)30)19-14-7-4-8-15-19)27(28-23,26(32)33-2)18-12-5-3-6-13-18/h3-16,21-23,28H,1-2H3/t21-,22+,23-,27+/m1/s1. The number of nitrogens with one attached hydrogen (secondary N) is 1. The number of rotatable bonds is 4. The van der Waals surface area contributed by atoms with Crippen LogP contribution in [0.5, 0.6) is 0 Å². The van der Waals surface area contributed by atoms with Crippen LogP contribution in [0, 0.1) is 18.8 Å². The molecule has 0 bridgehead atoms. The Hall–Kier alpha value is -3.77. The SMILES string of the molecule is COC(=O)[C@@]1(c2ccccc2)N[C@H](c2ccccc2C)[C@@H]2C(=O)N(c3ccccc3)C(=O)[C@H]21. The number of imide groups is 1. The number of para-hydroxylation sites is 1. The number of methoxy groups -OCH3 is 1. The molecule has 2 aliphatic heterocycles. The first-order valence-corrected chi connectivity index (χ1v) is 10.9. The van der Waals surface area contributed by atoms with E-state index >= 15 is 0 Å². The second kappa shape index (κ2) is 7.98. The Morgan fingerprint density at radius 3 is 2.12 bits per heavy atom. The van der Waals surface area contributed by atoms with E-state index in [9.17, 15) is 14.4 Å². The molecule has 1 N–H and O–H groups in total. The number of ether oxygens (including phenoxy) is 1. The van der Waals surface area contributed by atoms with Crippen molar-refractivity contribution >= 4 is 23.5 Å². The van der Waals surface area contributed by atoms with Crippen molar-refractivity contribution in [3.05, 3.63) is 102 Å². The molecule has 0 aliphatic carbocycles. The topological polar surface area (TPSA) is 75.7 Å². The smallest absolute Gasteiger partial charge is 0.331 e. The zero-order valence-electron chi connectivity index (χ0n) is 18.4. The van der Waals surface area contributed by atoms with Crippen LogP contribution in [0.4, 0.5) is 5.69 Å². The van der Waals surface area contributed by atoms with Gasteiger partial charge in [0.1, 0.15) is 0 Å². The zero-order chi connectivity index (χ0) is 23.2. The van der Waals surface area contributed by atoms with Gasteiger partial charge in [0.05, 0.1) is 24.6 Å². The summed E-state index contributed by atoms with van der Waals surface area (Å²) in [5.74, 6) is -3.04. The number of fused-ring (bicyclic) bond motifs is 1. The van der Waals surface area contributed by atoms with Crippen molar-refractivity contribution in [1.29, 1.82) is 0 Å². The average Bonchev–Trinajstić information content (AvgIpc) is 3.34. The molecule has 3 aromatic carbocycles. The Bertz CT molecular complexity index is 1230. The lowest BCUT2D eigenvalue weighted by atomic mass is 9.75. The average molecular weight is 440 g/mol. The molecule has 166 valence electrons. The zero-order valence-corrected chi connectivity index (χ0v) is 18.4. The highest BCUT2D eigenvalue weighted by Crippen LogP contribution is 2.54.